The molecule has 0 unspecified atom stereocenters. The minimum Gasteiger partial charge on any atom is -0.494 e. The minimum atomic E-state index is 0.0824. The number of rotatable bonds is 12. The molecule has 5 heteroatoms. The Hall–Kier alpha value is -3.51. The van der Waals surface area contributed by atoms with Crippen LogP contribution in [0.4, 0.5) is 0 Å². The lowest BCUT2D eigenvalue weighted by molar-refractivity contribution is 0.0106. The van der Waals surface area contributed by atoms with Crippen LogP contribution < -0.4 is 10.1 Å². The number of nitrogens with one attached hydrogen (secondary N) is 1. The van der Waals surface area contributed by atoms with Gasteiger partial charge in [-0.05, 0) is 71.6 Å². The van der Waals surface area contributed by atoms with E-state index >= 15 is 0 Å². The van der Waals surface area contributed by atoms with E-state index in [0.29, 0.717) is 32.3 Å². The van der Waals surface area contributed by atoms with E-state index in [-0.39, 0.29) is 11.9 Å². The molecule has 0 aromatic heterocycles. The van der Waals surface area contributed by atoms with E-state index in [4.69, 9.17) is 14.2 Å². The van der Waals surface area contributed by atoms with Gasteiger partial charge in [0.1, 0.15) is 5.75 Å². The topological polar surface area (TPSA) is 56.8 Å². The molecule has 1 heterocycles. The molecule has 5 nitrogen and oxygen atoms in total. The molecule has 4 aromatic carbocycles. The third kappa shape index (κ3) is 7.54. The monoisotopic (exact) mass is 523 g/mol. The van der Waals surface area contributed by atoms with Gasteiger partial charge in [-0.3, -0.25) is 4.79 Å². The molecule has 0 amide bonds. The Kier molecular flexibility index (Phi) is 9.38. The highest BCUT2D eigenvalue weighted by Gasteiger charge is 2.27. The number of ketones is 1. The molecule has 4 aromatic rings. The summed E-state index contributed by atoms with van der Waals surface area (Å²) in [7, 11) is 0. The predicted octanol–water partition coefficient (Wildman–Crippen LogP) is 6.69. The summed E-state index contributed by atoms with van der Waals surface area (Å²) in [5.74, 6) is 1.30. The SMILES string of the molecule is CC(=O)c1ccc2ccc(CO[C@H]3CNCC[C@@H]3c3ccc(OCCCOCc4ccccc4)cc3)cc2c1. The van der Waals surface area contributed by atoms with Gasteiger partial charge in [0.25, 0.3) is 0 Å². The highest BCUT2D eigenvalue weighted by molar-refractivity contribution is 5.98. The maximum absolute atomic E-state index is 11.8. The first-order valence-corrected chi connectivity index (χ1v) is 13.9. The largest absolute Gasteiger partial charge is 0.494 e. The summed E-state index contributed by atoms with van der Waals surface area (Å²) in [4.78, 5) is 11.8. The molecule has 2 atom stereocenters. The Balaban J connectivity index is 1.11. The average Bonchev–Trinajstić information content (AvgIpc) is 2.98. The molecule has 0 spiro atoms. The number of hydrogen-bond acceptors (Lipinski definition) is 5. The van der Waals surface area contributed by atoms with E-state index < -0.39 is 0 Å². The molecule has 1 fully saturated rings. The summed E-state index contributed by atoms with van der Waals surface area (Å²) in [6, 6.07) is 30.9. The van der Waals surface area contributed by atoms with Crippen molar-refractivity contribution in [3.8, 4) is 5.75 Å². The van der Waals surface area contributed by atoms with Crippen LogP contribution in [0.25, 0.3) is 10.8 Å². The maximum Gasteiger partial charge on any atom is 0.159 e. The molecule has 0 bridgehead atoms. The Bertz CT molecular complexity index is 1350. The fourth-order valence-electron chi connectivity index (χ4n) is 5.12. The van der Waals surface area contributed by atoms with Crippen molar-refractivity contribution in [2.75, 3.05) is 26.3 Å². The van der Waals surface area contributed by atoms with Crippen molar-refractivity contribution in [1.82, 2.24) is 5.32 Å². The second kappa shape index (κ2) is 13.5. The first-order chi connectivity index (χ1) is 19.2. The predicted molar refractivity (Wildman–Crippen MR) is 155 cm³/mol. The molecule has 1 saturated heterocycles. The van der Waals surface area contributed by atoms with E-state index in [9.17, 15) is 4.79 Å². The highest BCUT2D eigenvalue weighted by Crippen LogP contribution is 2.30. The van der Waals surface area contributed by atoms with Crippen LogP contribution in [-0.2, 0) is 22.7 Å². The fourth-order valence-corrected chi connectivity index (χ4v) is 5.12. The summed E-state index contributed by atoms with van der Waals surface area (Å²) in [6.07, 6.45) is 1.97. The number of benzene rings is 4. The minimum absolute atomic E-state index is 0.0824. The second-order valence-corrected chi connectivity index (χ2v) is 10.2. The molecule has 1 aliphatic heterocycles. The Morgan fingerprint density at radius 2 is 1.67 bits per heavy atom. The van der Waals surface area contributed by atoms with Gasteiger partial charge >= 0.3 is 0 Å². The lowest BCUT2D eigenvalue weighted by atomic mass is 9.87. The number of hydrogen-bond donors (Lipinski definition) is 1. The number of carbonyl (C=O) groups is 1. The van der Waals surface area contributed by atoms with Crippen LogP contribution in [-0.4, -0.2) is 38.2 Å². The van der Waals surface area contributed by atoms with Crippen molar-refractivity contribution in [1.29, 1.82) is 0 Å². The summed E-state index contributed by atoms with van der Waals surface area (Å²) in [6.45, 7) is 5.89. The molecule has 1 N–H and O–H groups in total. The zero-order chi connectivity index (χ0) is 26.9. The van der Waals surface area contributed by atoms with E-state index in [1.54, 1.807) is 6.92 Å². The van der Waals surface area contributed by atoms with E-state index in [1.807, 2.05) is 36.4 Å². The van der Waals surface area contributed by atoms with Crippen molar-refractivity contribution in [2.45, 2.75) is 45.0 Å². The molecule has 39 heavy (non-hydrogen) atoms. The van der Waals surface area contributed by atoms with Gasteiger partial charge in [-0.25, -0.2) is 0 Å². The van der Waals surface area contributed by atoms with Gasteiger partial charge in [-0.2, -0.15) is 0 Å². The van der Waals surface area contributed by atoms with Gasteiger partial charge in [0, 0.05) is 24.4 Å². The quantitative estimate of drug-likeness (QED) is 0.166. The van der Waals surface area contributed by atoms with Crippen molar-refractivity contribution < 1.29 is 19.0 Å². The van der Waals surface area contributed by atoms with Gasteiger partial charge in [0.2, 0.25) is 0 Å². The van der Waals surface area contributed by atoms with E-state index in [1.165, 1.54) is 11.1 Å². The molecule has 0 radical (unpaired) electrons. The van der Waals surface area contributed by atoms with Gasteiger partial charge in [-0.1, -0.05) is 66.7 Å². The number of Topliss-reactive ketones (excluding diaryl/α,β-unsaturated/α-hetero) is 1. The Morgan fingerprint density at radius 1 is 0.846 bits per heavy atom. The van der Waals surface area contributed by atoms with Crippen molar-refractivity contribution >= 4 is 16.6 Å². The lowest BCUT2D eigenvalue weighted by Crippen LogP contribution is -2.40. The molecular weight excluding hydrogens is 486 g/mol. The molecule has 0 aliphatic carbocycles. The number of ether oxygens (including phenoxy) is 3. The summed E-state index contributed by atoms with van der Waals surface area (Å²) in [5.41, 5.74) is 4.32. The third-order valence-corrected chi connectivity index (χ3v) is 7.32. The Labute approximate surface area is 231 Å². The van der Waals surface area contributed by atoms with Crippen LogP contribution >= 0.6 is 0 Å². The van der Waals surface area contributed by atoms with Gasteiger partial charge in [0.05, 0.1) is 32.5 Å². The van der Waals surface area contributed by atoms with E-state index in [0.717, 1.165) is 53.6 Å². The van der Waals surface area contributed by atoms with Crippen molar-refractivity contribution in [3.63, 3.8) is 0 Å². The number of fused-ring (bicyclic) bond motifs is 1. The highest BCUT2D eigenvalue weighted by atomic mass is 16.5. The van der Waals surface area contributed by atoms with Crippen LogP contribution in [0.15, 0.2) is 91.0 Å². The fraction of sp³-hybridized carbons (Fsp3) is 0.324. The second-order valence-electron chi connectivity index (χ2n) is 10.2. The van der Waals surface area contributed by atoms with Crippen LogP contribution in [0.3, 0.4) is 0 Å². The normalized spacial score (nSPS) is 17.3. The molecule has 202 valence electrons. The van der Waals surface area contributed by atoms with Gasteiger partial charge < -0.3 is 19.5 Å². The summed E-state index contributed by atoms with van der Waals surface area (Å²) < 4.78 is 18.1. The first kappa shape index (κ1) is 27.1. The number of carbonyl (C=O) groups excluding carboxylic acids is 1. The van der Waals surface area contributed by atoms with Gasteiger partial charge in [-0.15, -0.1) is 0 Å². The smallest absolute Gasteiger partial charge is 0.159 e. The van der Waals surface area contributed by atoms with Gasteiger partial charge in [0.15, 0.2) is 5.78 Å². The summed E-state index contributed by atoms with van der Waals surface area (Å²) >= 11 is 0. The molecular formula is C34H37NO4. The molecule has 5 rings (SSSR count). The zero-order valence-electron chi connectivity index (χ0n) is 22.6. The standard InChI is InChI=1S/C34H37NO4/c1-25(36)30-11-10-28-9-8-27(20-31(28)21-30)24-39-34-22-35-17-16-33(34)29-12-14-32(15-13-29)38-19-5-18-37-23-26-6-3-2-4-7-26/h2-4,6-15,20-21,33-35H,5,16-19,22-24H2,1H3/t33-,34+/m1/s1. The van der Waals surface area contributed by atoms with Crippen LogP contribution in [0.2, 0.25) is 0 Å². The first-order valence-electron chi connectivity index (χ1n) is 13.9. The zero-order valence-corrected chi connectivity index (χ0v) is 22.6. The summed E-state index contributed by atoms with van der Waals surface area (Å²) in [5, 5.41) is 5.69. The molecule has 0 saturated carbocycles. The molecule has 1 aliphatic rings. The average molecular weight is 524 g/mol. The van der Waals surface area contributed by atoms with Crippen LogP contribution in [0.5, 0.6) is 5.75 Å². The van der Waals surface area contributed by atoms with Crippen molar-refractivity contribution in [2.24, 2.45) is 0 Å². The maximum atomic E-state index is 11.8. The number of piperidine rings is 1. The Morgan fingerprint density at radius 3 is 2.49 bits per heavy atom. The van der Waals surface area contributed by atoms with Crippen LogP contribution in [0.1, 0.15) is 52.7 Å². The van der Waals surface area contributed by atoms with Crippen molar-refractivity contribution in [3.05, 3.63) is 113 Å². The van der Waals surface area contributed by atoms with E-state index in [2.05, 4.69) is 59.9 Å². The third-order valence-electron chi connectivity index (χ3n) is 7.32. The lowest BCUT2D eigenvalue weighted by Gasteiger charge is -2.32. The van der Waals surface area contributed by atoms with Crippen LogP contribution in [0, 0.1) is 0 Å².